The van der Waals surface area contributed by atoms with Gasteiger partial charge in [-0.25, -0.2) is 0 Å². The van der Waals surface area contributed by atoms with E-state index in [4.69, 9.17) is 14.2 Å². The summed E-state index contributed by atoms with van der Waals surface area (Å²) in [6, 6.07) is 8.84. The van der Waals surface area contributed by atoms with Gasteiger partial charge in [-0.3, -0.25) is 9.59 Å². The molecule has 2 saturated carbocycles. The van der Waals surface area contributed by atoms with Gasteiger partial charge in [0.2, 0.25) is 0 Å². The van der Waals surface area contributed by atoms with Gasteiger partial charge in [0.05, 0.1) is 18.8 Å². The van der Waals surface area contributed by atoms with E-state index < -0.39 is 0 Å². The van der Waals surface area contributed by atoms with Crippen molar-refractivity contribution in [1.82, 2.24) is 4.90 Å². The van der Waals surface area contributed by atoms with E-state index in [1.807, 2.05) is 18.2 Å². The zero-order valence-electron chi connectivity index (χ0n) is 20.4. The summed E-state index contributed by atoms with van der Waals surface area (Å²) >= 11 is 0. The Morgan fingerprint density at radius 2 is 1.83 bits per heavy atom. The van der Waals surface area contributed by atoms with Gasteiger partial charge in [-0.1, -0.05) is 6.07 Å². The topological polar surface area (TPSA) is 85.3 Å². The molecule has 0 bridgehead atoms. The number of benzene rings is 2. The van der Waals surface area contributed by atoms with Gasteiger partial charge in [0.25, 0.3) is 5.91 Å². The Morgan fingerprint density at radius 1 is 1.09 bits per heavy atom. The molecule has 0 radical (unpaired) electrons. The lowest BCUT2D eigenvalue weighted by molar-refractivity contribution is -0.130. The number of ketones is 1. The average Bonchev–Trinajstić information content (AvgIpc) is 3.09. The molecule has 2 fully saturated rings. The fourth-order valence-corrected chi connectivity index (χ4v) is 5.38. The second-order valence-electron chi connectivity index (χ2n) is 9.94. The number of carbonyl (C=O) groups is 2. The van der Waals surface area contributed by atoms with E-state index in [1.165, 1.54) is 23.8 Å². The van der Waals surface area contributed by atoms with Crippen molar-refractivity contribution < 1.29 is 28.9 Å². The van der Waals surface area contributed by atoms with E-state index in [1.54, 1.807) is 33.3 Å². The van der Waals surface area contributed by atoms with Crippen molar-refractivity contribution in [2.75, 3.05) is 27.8 Å². The molecule has 7 heteroatoms. The molecule has 0 saturated heterocycles. The molecule has 0 aromatic heterocycles. The second-order valence-corrected chi connectivity index (χ2v) is 9.94. The van der Waals surface area contributed by atoms with Gasteiger partial charge in [0, 0.05) is 20.2 Å². The van der Waals surface area contributed by atoms with E-state index in [0.717, 1.165) is 35.8 Å². The number of nitrogens with zero attached hydrogens (tertiary/aromatic N) is 1. The van der Waals surface area contributed by atoms with Gasteiger partial charge >= 0.3 is 0 Å². The lowest BCUT2D eigenvalue weighted by atomic mass is 9.77. The van der Waals surface area contributed by atoms with Crippen molar-refractivity contribution in [3.63, 3.8) is 0 Å². The van der Waals surface area contributed by atoms with Crippen molar-refractivity contribution in [2.24, 2.45) is 11.8 Å². The molecule has 1 amide bonds. The van der Waals surface area contributed by atoms with Crippen LogP contribution >= 0.6 is 0 Å². The maximum Gasteiger partial charge on any atom is 0.259 e. The van der Waals surface area contributed by atoms with Crippen molar-refractivity contribution >= 4 is 17.3 Å². The largest absolute Gasteiger partial charge is 0.507 e. The van der Waals surface area contributed by atoms with E-state index in [9.17, 15) is 14.7 Å². The van der Waals surface area contributed by atoms with E-state index in [0.29, 0.717) is 29.2 Å². The molecule has 7 nitrogen and oxygen atoms in total. The fraction of sp³-hybridized carbons (Fsp3) is 0.429. The Hall–Kier alpha value is -3.48. The number of methoxy groups -OCH3 is 1. The predicted molar refractivity (Wildman–Crippen MR) is 131 cm³/mol. The van der Waals surface area contributed by atoms with Crippen LogP contribution in [0.15, 0.2) is 36.4 Å². The summed E-state index contributed by atoms with van der Waals surface area (Å²) in [5, 5.41) is 10.5. The summed E-state index contributed by atoms with van der Waals surface area (Å²) in [7, 11) is 4.93. The molecule has 184 valence electrons. The first-order valence-electron chi connectivity index (χ1n) is 12.1. The van der Waals surface area contributed by atoms with Crippen LogP contribution in [0.1, 0.15) is 47.2 Å². The number of allylic oxidation sites excluding steroid dienone is 2. The zero-order valence-corrected chi connectivity index (χ0v) is 20.4. The van der Waals surface area contributed by atoms with Crippen LogP contribution in [0.25, 0.3) is 5.57 Å². The number of hydrogen-bond acceptors (Lipinski definition) is 6. The van der Waals surface area contributed by atoms with Crippen molar-refractivity contribution in [3.8, 4) is 23.0 Å². The van der Waals surface area contributed by atoms with E-state index in [-0.39, 0.29) is 35.7 Å². The molecule has 0 spiro atoms. The number of phenolic OH excluding ortho intramolecular Hbond substituents is 1. The van der Waals surface area contributed by atoms with Crippen LogP contribution in [0, 0.1) is 11.8 Å². The third kappa shape index (κ3) is 4.59. The molecule has 2 aromatic rings. The highest BCUT2D eigenvalue weighted by Crippen LogP contribution is 2.48. The maximum atomic E-state index is 12.9. The van der Waals surface area contributed by atoms with Crippen LogP contribution < -0.4 is 14.2 Å². The number of carbonyl (C=O) groups excluding carboxylic acids is 2. The minimum atomic E-state index is -0.264. The SMILES string of the molecule is COc1ccc(C2=CC(=O)c3c(O)cc(OCC(=O)N(C)C)cc3C2)cc1OC1CC2CCC2C1. The standard InChI is InChI=1S/C28H31NO6/c1-29(2)27(32)15-34-21-11-20-8-19(12-23(30)28(20)24(31)14-21)18-6-7-25(33-3)26(13-18)35-22-9-16-4-5-17(16)10-22/h6-7,11-14,16-17,22,31H,4-5,8-10,15H2,1-3H3. The van der Waals surface area contributed by atoms with Gasteiger partial charge in [-0.15, -0.1) is 0 Å². The molecule has 5 rings (SSSR count). The third-order valence-corrected chi connectivity index (χ3v) is 7.50. The van der Waals surface area contributed by atoms with Crippen LogP contribution in [0.5, 0.6) is 23.0 Å². The van der Waals surface area contributed by atoms with Crippen molar-refractivity contribution in [1.29, 1.82) is 0 Å². The zero-order chi connectivity index (χ0) is 24.7. The van der Waals surface area contributed by atoms with Gasteiger partial charge in [-0.2, -0.15) is 0 Å². The van der Waals surface area contributed by atoms with Gasteiger partial charge < -0.3 is 24.2 Å². The Balaban J connectivity index is 1.38. The average molecular weight is 478 g/mol. The summed E-state index contributed by atoms with van der Waals surface area (Å²) in [4.78, 5) is 26.2. The summed E-state index contributed by atoms with van der Waals surface area (Å²) in [6.45, 7) is -0.149. The number of likely N-dealkylation sites (N-methyl/N-ethyl adjacent to an activating group) is 1. The molecular formula is C28H31NO6. The van der Waals surface area contributed by atoms with Crippen LogP contribution in [0.3, 0.4) is 0 Å². The number of rotatable bonds is 7. The summed E-state index contributed by atoms with van der Waals surface area (Å²) in [5.41, 5.74) is 2.62. The highest BCUT2D eigenvalue weighted by atomic mass is 16.5. The molecular weight excluding hydrogens is 446 g/mol. The van der Waals surface area contributed by atoms with Gasteiger partial charge in [0.1, 0.15) is 11.5 Å². The van der Waals surface area contributed by atoms with E-state index >= 15 is 0 Å². The Kier molecular flexibility index (Phi) is 6.17. The minimum absolute atomic E-state index is 0.148. The Bertz CT molecular complexity index is 1190. The molecule has 35 heavy (non-hydrogen) atoms. The van der Waals surface area contributed by atoms with Crippen LogP contribution in [0.2, 0.25) is 0 Å². The molecule has 0 heterocycles. The number of fused-ring (bicyclic) bond motifs is 2. The highest BCUT2D eigenvalue weighted by molar-refractivity contribution is 6.13. The number of ether oxygens (including phenoxy) is 3. The second kappa shape index (κ2) is 9.29. The fourth-order valence-electron chi connectivity index (χ4n) is 5.38. The normalized spacial score (nSPS) is 22.4. The number of hydrogen-bond donors (Lipinski definition) is 1. The molecule has 3 aliphatic carbocycles. The van der Waals surface area contributed by atoms with Gasteiger partial charge in [-0.05, 0) is 84.9 Å². The quantitative estimate of drug-likeness (QED) is 0.642. The predicted octanol–water partition coefficient (Wildman–Crippen LogP) is 4.26. The smallest absolute Gasteiger partial charge is 0.259 e. The lowest BCUT2D eigenvalue weighted by Crippen LogP contribution is -2.27. The van der Waals surface area contributed by atoms with Crippen LogP contribution in [-0.4, -0.2) is 55.6 Å². The summed E-state index contributed by atoms with van der Waals surface area (Å²) in [5.74, 6) is 2.69. The molecule has 0 aliphatic heterocycles. The molecule has 1 N–H and O–H groups in total. The van der Waals surface area contributed by atoms with E-state index in [2.05, 4.69) is 0 Å². The minimum Gasteiger partial charge on any atom is -0.507 e. The molecule has 2 unspecified atom stereocenters. The lowest BCUT2D eigenvalue weighted by Gasteiger charge is -2.28. The first kappa shape index (κ1) is 23.3. The number of phenols is 1. The maximum absolute atomic E-state index is 12.9. The Labute approximate surface area is 205 Å². The third-order valence-electron chi connectivity index (χ3n) is 7.50. The number of amides is 1. The molecule has 2 atom stereocenters. The van der Waals surface area contributed by atoms with Gasteiger partial charge in [0.15, 0.2) is 23.9 Å². The Morgan fingerprint density at radius 3 is 2.49 bits per heavy atom. The molecule has 2 aromatic carbocycles. The summed E-state index contributed by atoms with van der Waals surface area (Å²) in [6.07, 6.45) is 6.99. The number of aromatic hydroxyl groups is 1. The van der Waals surface area contributed by atoms with Crippen molar-refractivity contribution in [2.45, 2.75) is 38.2 Å². The van der Waals surface area contributed by atoms with Crippen LogP contribution in [-0.2, 0) is 11.2 Å². The molecule has 3 aliphatic rings. The van der Waals surface area contributed by atoms with Crippen molar-refractivity contribution in [3.05, 3.63) is 53.1 Å². The first-order valence-corrected chi connectivity index (χ1v) is 12.1. The monoisotopic (exact) mass is 477 g/mol. The highest BCUT2D eigenvalue weighted by Gasteiger charge is 2.41. The first-order chi connectivity index (χ1) is 16.8. The van der Waals surface area contributed by atoms with Crippen LogP contribution in [0.4, 0.5) is 0 Å². The summed E-state index contributed by atoms with van der Waals surface area (Å²) < 4.78 is 17.5.